The molecule has 8 N–H and O–H groups in total. The molecule has 3 aliphatic rings. The molecule has 0 aliphatic heterocycles. The average molecular weight is 603 g/mol. The molecule has 1 amide bonds. The van der Waals surface area contributed by atoms with Crippen LogP contribution in [0, 0.1) is 11.8 Å². The van der Waals surface area contributed by atoms with Gasteiger partial charge in [-0.3, -0.25) is 19.3 Å². The molecule has 1 heterocycles. The number of primary amides is 1. The average Bonchev–Trinajstić information content (AvgIpc) is 3.50. The monoisotopic (exact) mass is 602 g/mol. The maximum absolute atomic E-state index is 14.0. The van der Waals surface area contributed by atoms with E-state index < -0.39 is 64.3 Å². The van der Waals surface area contributed by atoms with Crippen LogP contribution >= 0.6 is 0 Å². The lowest BCUT2D eigenvalue weighted by atomic mass is 9.57. The zero-order chi connectivity index (χ0) is 31.7. The van der Waals surface area contributed by atoms with Crippen molar-refractivity contribution in [3.8, 4) is 16.9 Å². The number of benzene rings is 2. The Kier molecular flexibility index (Phi) is 6.83. The van der Waals surface area contributed by atoms with Crippen LogP contribution in [0.2, 0.25) is 0 Å². The van der Waals surface area contributed by atoms with Crippen molar-refractivity contribution in [2.24, 2.45) is 17.6 Å². The van der Waals surface area contributed by atoms with E-state index in [1.165, 1.54) is 23.2 Å². The molecule has 0 radical (unpaired) electrons. The Labute approximate surface area is 250 Å². The summed E-state index contributed by atoms with van der Waals surface area (Å²) in [5, 5.41) is 62.1. The SMILES string of the molecule is CN(C)[C@@H]1C(=O)C(C(N)=O)=C(O)[C@@]2(O)C(=O)C3=C(O)c4c(O)ccc(-c5cccc(NC(O)c6ccno6)c5)c4C[C@H]3C[C@@H]12. The predicted octanol–water partition coefficient (Wildman–Crippen LogP) is 1.72. The fourth-order valence-corrected chi connectivity index (χ4v) is 6.89. The Bertz CT molecular complexity index is 1780. The van der Waals surface area contributed by atoms with E-state index in [9.17, 15) is 39.9 Å². The summed E-state index contributed by atoms with van der Waals surface area (Å²) >= 11 is 0. The van der Waals surface area contributed by atoms with Gasteiger partial charge in [-0.2, -0.15) is 0 Å². The fraction of sp³-hybridized carbons (Fsp3) is 0.290. The fourth-order valence-electron chi connectivity index (χ4n) is 6.89. The van der Waals surface area contributed by atoms with Crippen LogP contribution in [-0.2, 0) is 20.8 Å². The van der Waals surface area contributed by atoms with Crippen molar-refractivity contribution in [1.82, 2.24) is 10.1 Å². The number of aliphatic hydroxyl groups excluding tert-OH is 3. The molecule has 3 aromatic rings. The van der Waals surface area contributed by atoms with E-state index >= 15 is 0 Å². The normalized spacial score (nSPS) is 25.4. The van der Waals surface area contributed by atoms with Gasteiger partial charge in [0.15, 0.2) is 23.4 Å². The van der Waals surface area contributed by atoms with Gasteiger partial charge >= 0.3 is 0 Å². The number of hydrogen-bond acceptors (Lipinski definition) is 12. The van der Waals surface area contributed by atoms with Gasteiger partial charge < -0.3 is 41.1 Å². The number of aromatic nitrogens is 1. The predicted molar refractivity (Wildman–Crippen MR) is 155 cm³/mol. The van der Waals surface area contributed by atoms with Crippen LogP contribution in [0.3, 0.4) is 0 Å². The van der Waals surface area contributed by atoms with E-state index in [4.69, 9.17) is 10.3 Å². The summed E-state index contributed by atoms with van der Waals surface area (Å²) in [7, 11) is 3.09. The highest BCUT2D eigenvalue weighted by atomic mass is 16.5. The number of carbonyl (C=O) groups excluding carboxylic acids is 3. The first-order valence-corrected chi connectivity index (χ1v) is 13.8. The van der Waals surface area contributed by atoms with Crippen molar-refractivity contribution < 1.29 is 44.4 Å². The number of nitrogens with zero attached hydrogens (tertiary/aromatic N) is 2. The summed E-state index contributed by atoms with van der Waals surface area (Å²) in [5.41, 5.74) is 3.90. The molecule has 0 saturated heterocycles. The number of rotatable bonds is 6. The van der Waals surface area contributed by atoms with Crippen LogP contribution in [0.5, 0.6) is 5.75 Å². The molecular weight excluding hydrogens is 572 g/mol. The standard InChI is InChI=1S/C31H30N4O9/c1-35(2)24-18-12-14-11-17-16(13-4-3-5-15(10-13)34-30(42)20-8-9-33-44-20)6-7-19(36)22(17)25(37)21(14)27(39)31(18,43)28(40)23(26(24)38)29(32)41/h3-10,14,18,24,30,34,36-37,40,42-43H,11-12H2,1-2H3,(H2,32,41)/t14-,18-,24-,30?,31-/m0/s1. The summed E-state index contributed by atoms with van der Waals surface area (Å²) in [5.74, 6) is -6.88. The third-order valence-electron chi connectivity index (χ3n) is 8.81. The summed E-state index contributed by atoms with van der Waals surface area (Å²) < 4.78 is 5.00. The number of likely N-dealkylation sites (N-methyl/N-ethyl adjacent to an activating group) is 1. The Morgan fingerprint density at radius 1 is 1.16 bits per heavy atom. The number of phenolic OH excluding ortho intramolecular Hbond substituents is 1. The second-order valence-electron chi connectivity index (χ2n) is 11.5. The Morgan fingerprint density at radius 2 is 1.91 bits per heavy atom. The van der Waals surface area contributed by atoms with Crippen LogP contribution in [0.1, 0.15) is 29.5 Å². The quantitative estimate of drug-likeness (QED) is 0.158. The van der Waals surface area contributed by atoms with Gasteiger partial charge in [-0.05, 0) is 67.7 Å². The molecule has 0 bridgehead atoms. The second kappa shape index (κ2) is 10.3. The number of aromatic hydroxyl groups is 1. The van der Waals surface area contributed by atoms with Crippen LogP contribution in [0.4, 0.5) is 5.69 Å². The van der Waals surface area contributed by atoms with E-state index in [-0.39, 0.29) is 35.5 Å². The molecule has 44 heavy (non-hydrogen) atoms. The van der Waals surface area contributed by atoms with Crippen LogP contribution in [-0.4, -0.2) is 78.8 Å². The van der Waals surface area contributed by atoms with Crippen LogP contribution < -0.4 is 11.1 Å². The lowest BCUT2D eigenvalue weighted by molar-refractivity contribution is -0.153. The number of hydrogen-bond donors (Lipinski definition) is 7. The highest BCUT2D eigenvalue weighted by Crippen LogP contribution is 2.53. The van der Waals surface area contributed by atoms with Crippen molar-refractivity contribution >= 4 is 28.9 Å². The molecule has 228 valence electrons. The molecule has 5 atom stereocenters. The first kappa shape index (κ1) is 29.1. The molecule has 2 aromatic carbocycles. The van der Waals surface area contributed by atoms with E-state index in [1.54, 1.807) is 44.4 Å². The molecule has 13 heteroatoms. The van der Waals surface area contributed by atoms with E-state index in [1.807, 2.05) is 0 Å². The molecule has 13 nitrogen and oxygen atoms in total. The van der Waals surface area contributed by atoms with Gasteiger partial charge in [0.25, 0.3) is 5.91 Å². The number of amides is 1. The van der Waals surface area contributed by atoms with Gasteiger partial charge in [-0.1, -0.05) is 23.4 Å². The summed E-state index contributed by atoms with van der Waals surface area (Å²) in [4.78, 5) is 40.9. The van der Waals surface area contributed by atoms with Gasteiger partial charge in [0, 0.05) is 23.2 Å². The van der Waals surface area contributed by atoms with Gasteiger partial charge in [0.2, 0.25) is 5.78 Å². The molecule has 1 aromatic heterocycles. The topological polar surface area (TPSA) is 220 Å². The van der Waals surface area contributed by atoms with Gasteiger partial charge in [0.1, 0.15) is 22.8 Å². The largest absolute Gasteiger partial charge is 0.508 e. The van der Waals surface area contributed by atoms with Gasteiger partial charge in [-0.15, -0.1) is 0 Å². The van der Waals surface area contributed by atoms with Crippen LogP contribution in [0.15, 0.2) is 70.1 Å². The maximum Gasteiger partial charge on any atom is 0.255 e. The maximum atomic E-state index is 14.0. The zero-order valence-corrected chi connectivity index (χ0v) is 23.7. The number of ketones is 2. The Hall–Kier alpha value is -4.98. The van der Waals surface area contributed by atoms with Crippen molar-refractivity contribution in [3.63, 3.8) is 0 Å². The van der Waals surface area contributed by atoms with E-state index in [0.717, 1.165) is 0 Å². The Balaban J connectivity index is 1.46. The molecule has 6 rings (SSSR count). The summed E-state index contributed by atoms with van der Waals surface area (Å²) in [6, 6.07) is 10.4. The summed E-state index contributed by atoms with van der Waals surface area (Å²) in [6.07, 6.45) is 0.344. The molecule has 0 spiro atoms. The number of nitrogens with two attached hydrogens (primary N) is 1. The first-order valence-electron chi connectivity index (χ1n) is 13.8. The highest BCUT2D eigenvalue weighted by Gasteiger charge is 2.64. The number of Topliss-reactive ketones (excluding diaryl/α,β-unsaturated/α-hetero) is 2. The van der Waals surface area contributed by atoms with Gasteiger partial charge in [0.05, 0.1) is 17.8 Å². The third kappa shape index (κ3) is 4.19. The number of anilines is 1. The van der Waals surface area contributed by atoms with Crippen molar-refractivity contribution in [3.05, 3.63) is 82.5 Å². The molecular formula is C31H30N4O9. The van der Waals surface area contributed by atoms with Gasteiger partial charge in [-0.25, -0.2) is 0 Å². The first-order chi connectivity index (χ1) is 20.9. The molecule has 3 aliphatic carbocycles. The Morgan fingerprint density at radius 3 is 2.57 bits per heavy atom. The molecule has 1 unspecified atom stereocenters. The second-order valence-corrected chi connectivity index (χ2v) is 11.5. The minimum absolute atomic E-state index is 0.0150. The number of nitrogens with one attached hydrogen (secondary N) is 1. The van der Waals surface area contributed by atoms with E-state index in [2.05, 4.69) is 10.5 Å². The van der Waals surface area contributed by atoms with Crippen LogP contribution in [0.25, 0.3) is 16.9 Å². The van der Waals surface area contributed by atoms with Crippen molar-refractivity contribution in [2.45, 2.75) is 30.7 Å². The number of carbonyl (C=O) groups is 3. The van der Waals surface area contributed by atoms with Crippen molar-refractivity contribution in [1.29, 1.82) is 0 Å². The third-order valence-corrected chi connectivity index (χ3v) is 8.81. The van der Waals surface area contributed by atoms with Crippen molar-refractivity contribution in [2.75, 3.05) is 19.4 Å². The van der Waals surface area contributed by atoms with E-state index in [0.29, 0.717) is 22.4 Å². The lowest BCUT2D eigenvalue weighted by Gasteiger charge is -2.50. The highest BCUT2D eigenvalue weighted by molar-refractivity contribution is 6.24. The molecule has 1 saturated carbocycles. The minimum atomic E-state index is -2.71. The molecule has 1 fully saturated rings. The minimum Gasteiger partial charge on any atom is -0.508 e. The number of aliphatic hydroxyl groups is 4. The zero-order valence-electron chi connectivity index (χ0n) is 23.7. The number of phenols is 1. The number of fused-ring (bicyclic) bond motifs is 3. The smallest absolute Gasteiger partial charge is 0.255 e. The lowest BCUT2D eigenvalue weighted by Crippen LogP contribution is -2.65. The summed E-state index contributed by atoms with van der Waals surface area (Å²) in [6.45, 7) is 0.